The molecule has 1 atom stereocenters. The molecule has 6 N–H and O–H groups in total. The lowest BCUT2D eigenvalue weighted by atomic mass is 10.0. The van der Waals surface area contributed by atoms with Crippen LogP contribution in [0.1, 0.15) is 11.6 Å². The van der Waals surface area contributed by atoms with Crippen molar-refractivity contribution in [3.05, 3.63) is 30.0 Å². The third kappa shape index (κ3) is 1.25. The van der Waals surface area contributed by atoms with Gasteiger partial charge in [0.2, 0.25) is 0 Å². The number of phenolic OH excluding ortho intramolecular Hbond substituents is 1. The molecule has 1 aromatic carbocycles. The molecule has 1 heterocycles. The van der Waals surface area contributed by atoms with Crippen LogP contribution in [0.2, 0.25) is 0 Å². The number of fused-ring (bicyclic) bond motifs is 1. The summed E-state index contributed by atoms with van der Waals surface area (Å²) in [5, 5.41) is 10.7. The summed E-state index contributed by atoms with van der Waals surface area (Å²) >= 11 is 0. The van der Waals surface area contributed by atoms with Crippen LogP contribution in [0.5, 0.6) is 5.75 Å². The highest BCUT2D eigenvalue weighted by atomic mass is 16.3. The maximum absolute atomic E-state index is 9.88. The number of hydrogen-bond donors (Lipinski definition) is 4. The van der Waals surface area contributed by atoms with E-state index in [2.05, 4.69) is 4.98 Å². The molecule has 0 saturated heterocycles. The van der Waals surface area contributed by atoms with Crippen molar-refractivity contribution in [3.63, 3.8) is 0 Å². The average Bonchev–Trinajstić information content (AvgIpc) is 2.66. The maximum Gasteiger partial charge on any atom is 0.129 e. The maximum atomic E-state index is 9.88. The fourth-order valence-electron chi connectivity index (χ4n) is 1.56. The fourth-order valence-corrected chi connectivity index (χ4v) is 1.56. The Balaban J connectivity index is 2.61. The minimum Gasteiger partial charge on any atom is -0.507 e. The first-order valence-corrected chi connectivity index (χ1v) is 4.48. The van der Waals surface area contributed by atoms with Crippen LogP contribution < -0.4 is 11.5 Å². The van der Waals surface area contributed by atoms with Crippen LogP contribution in [0.4, 0.5) is 0 Å². The van der Waals surface area contributed by atoms with E-state index >= 15 is 0 Å². The molecule has 4 nitrogen and oxygen atoms in total. The van der Waals surface area contributed by atoms with Crippen LogP contribution in [0.25, 0.3) is 10.9 Å². The Kier molecular flexibility index (Phi) is 2.15. The number of benzene rings is 1. The van der Waals surface area contributed by atoms with Crippen LogP contribution >= 0.6 is 0 Å². The molecule has 74 valence electrons. The lowest BCUT2D eigenvalue weighted by molar-refractivity contribution is 0.468. The van der Waals surface area contributed by atoms with Crippen molar-refractivity contribution in [2.24, 2.45) is 11.5 Å². The van der Waals surface area contributed by atoms with Crippen LogP contribution in [-0.4, -0.2) is 16.6 Å². The quantitative estimate of drug-likeness (QED) is 0.567. The van der Waals surface area contributed by atoms with E-state index in [1.165, 1.54) is 0 Å². The number of aromatic nitrogens is 1. The second kappa shape index (κ2) is 3.32. The molecule has 0 spiro atoms. The number of hydrogen-bond acceptors (Lipinski definition) is 3. The lowest BCUT2D eigenvalue weighted by Crippen LogP contribution is -2.20. The van der Waals surface area contributed by atoms with Gasteiger partial charge in [0.15, 0.2) is 0 Å². The molecule has 2 rings (SSSR count). The number of aromatic amines is 1. The Morgan fingerprint density at radius 2 is 2.14 bits per heavy atom. The molecule has 0 radical (unpaired) electrons. The van der Waals surface area contributed by atoms with Gasteiger partial charge in [-0.2, -0.15) is 0 Å². The van der Waals surface area contributed by atoms with E-state index in [4.69, 9.17) is 11.5 Å². The second-order valence-corrected chi connectivity index (χ2v) is 3.28. The molecule has 4 heteroatoms. The first-order chi connectivity index (χ1) is 6.74. The molecular formula is C10H13N3O. The summed E-state index contributed by atoms with van der Waals surface area (Å²) in [5.74, 6) is 0.224. The number of aromatic hydroxyl groups is 1. The zero-order valence-electron chi connectivity index (χ0n) is 7.70. The van der Waals surface area contributed by atoms with Crippen LogP contribution in [0.15, 0.2) is 24.4 Å². The van der Waals surface area contributed by atoms with Gasteiger partial charge in [-0.1, -0.05) is 6.07 Å². The minimum atomic E-state index is -0.311. The Morgan fingerprint density at radius 1 is 1.36 bits per heavy atom. The van der Waals surface area contributed by atoms with Gasteiger partial charge >= 0.3 is 0 Å². The highest BCUT2D eigenvalue weighted by Crippen LogP contribution is 2.30. The third-order valence-corrected chi connectivity index (χ3v) is 2.39. The summed E-state index contributed by atoms with van der Waals surface area (Å²) in [4.78, 5) is 3.01. The highest BCUT2D eigenvalue weighted by Gasteiger charge is 2.11. The van der Waals surface area contributed by atoms with Gasteiger partial charge in [-0.3, -0.25) is 0 Å². The summed E-state index contributed by atoms with van der Waals surface area (Å²) in [7, 11) is 0. The molecule has 1 aromatic heterocycles. The van der Waals surface area contributed by atoms with Crippen molar-refractivity contribution in [3.8, 4) is 5.75 Å². The summed E-state index contributed by atoms with van der Waals surface area (Å²) in [6.07, 6.45) is 1.78. The van der Waals surface area contributed by atoms with E-state index in [0.717, 1.165) is 10.9 Å². The first-order valence-electron chi connectivity index (χ1n) is 4.48. The minimum absolute atomic E-state index is 0.224. The Morgan fingerprint density at radius 3 is 2.86 bits per heavy atom. The van der Waals surface area contributed by atoms with Crippen molar-refractivity contribution < 1.29 is 5.11 Å². The van der Waals surface area contributed by atoms with Crippen molar-refractivity contribution in [1.29, 1.82) is 0 Å². The van der Waals surface area contributed by atoms with Crippen molar-refractivity contribution in [2.45, 2.75) is 6.04 Å². The molecule has 0 amide bonds. The van der Waals surface area contributed by atoms with E-state index in [1.54, 1.807) is 12.3 Å². The standard InChI is InChI=1S/C10H13N3O/c11-5-8(12)6-1-2-9-7(10(6)14)3-4-13-9/h1-4,8,13-14H,5,11-12H2. The molecule has 14 heavy (non-hydrogen) atoms. The third-order valence-electron chi connectivity index (χ3n) is 2.39. The van der Waals surface area contributed by atoms with E-state index in [1.807, 2.05) is 12.1 Å². The van der Waals surface area contributed by atoms with Crippen molar-refractivity contribution in [1.82, 2.24) is 4.98 Å². The van der Waals surface area contributed by atoms with Gasteiger partial charge in [0, 0.05) is 35.2 Å². The number of nitrogens with two attached hydrogens (primary N) is 2. The number of nitrogens with one attached hydrogen (secondary N) is 1. The normalized spacial score (nSPS) is 13.3. The van der Waals surface area contributed by atoms with E-state index in [0.29, 0.717) is 12.1 Å². The molecular weight excluding hydrogens is 178 g/mol. The van der Waals surface area contributed by atoms with Gasteiger partial charge in [0.05, 0.1) is 0 Å². The summed E-state index contributed by atoms with van der Waals surface area (Å²) in [5.41, 5.74) is 12.8. The van der Waals surface area contributed by atoms with Gasteiger partial charge in [0.25, 0.3) is 0 Å². The molecule has 0 saturated carbocycles. The largest absolute Gasteiger partial charge is 0.507 e. The summed E-state index contributed by atoms with van der Waals surface area (Å²) < 4.78 is 0. The van der Waals surface area contributed by atoms with E-state index < -0.39 is 0 Å². The molecule has 0 bridgehead atoms. The topological polar surface area (TPSA) is 88.1 Å². The Bertz CT molecular complexity index is 450. The van der Waals surface area contributed by atoms with Gasteiger partial charge < -0.3 is 21.6 Å². The molecule has 2 aromatic rings. The number of H-pyrrole nitrogens is 1. The Hall–Kier alpha value is -1.52. The van der Waals surface area contributed by atoms with E-state index in [-0.39, 0.29) is 11.8 Å². The average molecular weight is 191 g/mol. The molecule has 0 aliphatic heterocycles. The van der Waals surface area contributed by atoms with Gasteiger partial charge in [-0.15, -0.1) is 0 Å². The van der Waals surface area contributed by atoms with Crippen LogP contribution in [0.3, 0.4) is 0 Å². The highest BCUT2D eigenvalue weighted by molar-refractivity contribution is 5.87. The van der Waals surface area contributed by atoms with Crippen LogP contribution in [-0.2, 0) is 0 Å². The smallest absolute Gasteiger partial charge is 0.129 e. The zero-order chi connectivity index (χ0) is 10.1. The summed E-state index contributed by atoms with van der Waals surface area (Å²) in [6, 6.07) is 5.19. The SMILES string of the molecule is NCC(N)c1ccc2[nH]ccc2c1O. The van der Waals surface area contributed by atoms with Gasteiger partial charge in [-0.25, -0.2) is 0 Å². The lowest BCUT2D eigenvalue weighted by Gasteiger charge is -2.11. The second-order valence-electron chi connectivity index (χ2n) is 3.28. The number of rotatable bonds is 2. The van der Waals surface area contributed by atoms with Crippen molar-refractivity contribution in [2.75, 3.05) is 6.54 Å². The van der Waals surface area contributed by atoms with E-state index in [9.17, 15) is 5.11 Å². The molecule has 0 aliphatic rings. The van der Waals surface area contributed by atoms with Gasteiger partial charge in [-0.05, 0) is 12.1 Å². The fraction of sp³-hybridized carbons (Fsp3) is 0.200. The molecule has 0 aliphatic carbocycles. The predicted molar refractivity (Wildman–Crippen MR) is 55.9 cm³/mol. The van der Waals surface area contributed by atoms with Crippen molar-refractivity contribution >= 4 is 10.9 Å². The Labute approximate surface area is 81.5 Å². The first kappa shape index (κ1) is 9.05. The molecule has 0 fully saturated rings. The predicted octanol–water partition coefficient (Wildman–Crippen LogP) is 0.832. The number of phenols is 1. The van der Waals surface area contributed by atoms with Crippen LogP contribution in [0, 0.1) is 0 Å². The summed E-state index contributed by atoms with van der Waals surface area (Å²) in [6.45, 7) is 0.323. The van der Waals surface area contributed by atoms with Gasteiger partial charge in [0.1, 0.15) is 5.75 Å². The molecule has 1 unspecified atom stereocenters. The zero-order valence-corrected chi connectivity index (χ0v) is 7.70. The monoisotopic (exact) mass is 191 g/mol.